The van der Waals surface area contributed by atoms with E-state index in [9.17, 15) is 5.11 Å². The number of aromatic nitrogens is 3. The van der Waals surface area contributed by atoms with Crippen LogP contribution in [0.3, 0.4) is 0 Å². The molecule has 0 spiro atoms. The lowest BCUT2D eigenvalue weighted by Gasteiger charge is -2.22. The lowest BCUT2D eigenvalue weighted by atomic mass is 10.2. The van der Waals surface area contributed by atoms with Gasteiger partial charge in [-0.25, -0.2) is 15.0 Å². The number of anilines is 1. The maximum absolute atomic E-state index is 11.1. The monoisotopic (exact) mass is 413 g/mol. The van der Waals surface area contributed by atoms with Crippen LogP contribution in [0.4, 0.5) is 11.5 Å². The molecule has 1 atom stereocenters. The largest absolute Gasteiger partial charge is 0.368 e. The van der Waals surface area contributed by atoms with Crippen molar-refractivity contribution >= 4 is 45.5 Å². The number of aliphatic imine (C=N–C) groups is 1. The lowest BCUT2D eigenvalue weighted by molar-refractivity contribution is 0.233. The molecular formula is C23H19N5OS. The number of aliphatic hydroxyl groups excluding tert-OH is 1. The topological polar surface area (TPSA) is 77.4 Å². The van der Waals surface area contributed by atoms with Gasteiger partial charge in [-0.15, -0.1) is 0 Å². The Bertz CT molecular complexity index is 1250. The molecule has 7 heteroatoms. The normalized spacial score (nSPS) is 19.3. The smallest absolute Gasteiger partial charge is 0.177 e. The number of benzene rings is 2. The number of pyridine rings is 1. The summed E-state index contributed by atoms with van der Waals surface area (Å²) in [6.07, 6.45) is 4.61. The molecule has 1 aliphatic heterocycles. The molecule has 148 valence electrons. The van der Waals surface area contributed by atoms with Crippen LogP contribution in [0.5, 0.6) is 0 Å². The fraction of sp³-hybridized carbons (Fsp3) is 0.0870. The summed E-state index contributed by atoms with van der Waals surface area (Å²) in [6.45, 7) is 1.99. The quantitative estimate of drug-likeness (QED) is 0.501. The number of imidazole rings is 1. The number of rotatable bonds is 3. The summed E-state index contributed by atoms with van der Waals surface area (Å²) in [4.78, 5) is 19.1. The first-order valence-corrected chi connectivity index (χ1v) is 10.4. The number of thioether (sulfide) groups is 1. The van der Waals surface area contributed by atoms with Gasteiger partial charge in [0.05, 0.1) is 17.4 Å². The highest BCUT2D eigenvalue weighted by Gasteiger charge is 2.34. The van der Waals surface area contributed by atoms with E-state index >= 15 is 0 Å². The van der Waals surface area contributed by atoms with Crippen molar-refractivity contribution in [3.05, 3.63) is 89.2 Å². The number of aliphatic hydroxyl groups is 1. The van der Waals surface area contributed by atoms with Crippen LogP contribution in [0.15, 0.2) is 83.1 Å². The minimum Gasteiger partial charge on any atom is -0.368 e. The second-order valence-corrected chi connectivity index (χ2v) is 8.04. The third kappa shape index (κ3) is 3.60. The molecular weight excluding hydrogens is 394 g/mol. The van der Waals surface area contributed by atoms with Crippen LogP contribution in [0.2, 0.25) is 0 Å². The number of aromatic amines is 1. The van der Waals surface area contributed by atoms with Crippen LogP contribution in [0.25, 0.3) is 17.1 Å². The Balaban J connectivity index is 1.55. The van der Waals surface area contributed by atoms with E-state index in [-0.39, 0.29) is 0 Å². The Kier molecular flexibility index (Phi) is 4.82. The number of hydrogen-bond acceptors (Lipinski definition) is 5. The zero-order valence-corrected chi connectivity index (χ0v) is 17.0. The first-order chi connectivity index (χ1) is 14.7. The molecule has 1 unspecified atom stereocenters. The number of H-pyrrole nitrogens is 1. The highest BCUT2D eigenvalue weighted by Crippen LogP contribution is 2.39. The van der Waals surface area contributed by atoms with Gasteiger partial charge in [-0.2, -0.15) is 0 Å². The third-order valence-corrected chi connectivity index (χ3v) is 5.84. The highest BCUT2D eigenvalue weighted by molar-refractivity contribution is 8.18. The summed E-state index contributed by atoms with van der Waals surface area (Å²) < 4.78 is 0. The van der Waals surface area contributed by atoms with Crippen molar-refractivity contribution < 1.29 is 5.11 Å². The number of amidine groups is 1. The van der Waals surface area contributed by atoms with Crippen molar-refractivity contribution in [2.75, 3.05) is 4.90 Å². The maximum atomic E-state index is 11.1. The van der Waals surface area contributed by atoms with Gasteiger partial charge in [-0.3, -0.25) is 4.90 Å². The summed E-state index contributed by atoms with van der Waals surface area (Å²) in [5, 5.41) is 11.8. The molecule has 0 bridgehead atoms. The molecule has 0 radical (unpaired) electrons. The molecule has 1 saturated heterocycles. The Morgan fingerprint density at radius 1 is 1.10 bits per heavy atom. The minimum atomic E-state index is -0.837. The summed E-state index contributed by atoms with van der Waals surface area (Å²) in [7, 11) is 0. The van der Waals surface area contributed by atoms with Gasteiger partial charge < -0.3 is 10.1 Å². The number of nitrogens with one attached hydrogen (secondary N) is 1. The van der Waals surface area contributed by atoms with Gasteiger partial charge in [0, 0.05) is 16.8 Å². The second kappa shape index (κ2) is 7.78. The molecule has 2 N–H and O–H groups in total. The number of aryl methyl sites for hydroxylation is 1. The van der Waals surface area contributed by atoms with Crippen LogP contribution >= 0.6 is 11.8 Å². The molecule has 3 heterocycles. The lowest BCUT2D eigenvalue weighted by Crippen LogP contribution is -2.32. The average Bonchev–Trinajstić information content (AvgIpc) is 3.34. The van der Waals surface area contributed by atoms with Crippen molar-refractivity contribution in [1.29, 1.82) is 0 Å². The van der Waals surface area contributed by atoms with Crippen LogP contribution < -0.4 is 4.90 Å². The molecule has 1 aliphatic rings. The second-order valence-electron chi connectivity index (χ2n) is 7.00. The molecule has 0 amide bonds. The number of para-hydroxylation sites is 1. The van der Waals surface area contributed by atoms with E-state index in [0.717, 1.165) is 32.8 Å². The number of fused-ring (bicyclic) bond motifs is 1. The molecule has 2 aromatic carbocycles. The van der Waals surface area contributed by atoms with E-state index in [1.54, 1.807) is 12.5 Å². The molecule has 5 rings (SSSR count). The van der Waals surface area contributed by atoms with Crippen LogP contribution in [0, 0.1) is 6.92 Å². The SMILES string of the molecule is Cc1ccc(/N=C2\S/C(=C\c3ccc4[nH]cnc4c3)C(O)N2c2ccccc2)nc1. The predicted molar refractivity (Wildman–Crippen MR) is 123 cm³/mol. The van der Waals surface area contributed by atoms with Crippen LogP contribution in [0.1, 0.15) is 11.1 Å². The molecule has 4 aromatic rings. The van der Waals surface area contributed by atoms with Gasteiger partial charge in [0.25, 0.3) is 0 Å². The van der Waals surface area contributed by atoms with E-state index in [2.05, 4.69) is 15.0 Å². The Labute approximate surface area is 178 Å². The van der Waals surface area contributed by atoms with E-state index < -0.39 is 6.23 Å². The predicted octanol–water partition coefficient (Wildman–Crippen LogP) is 4.87. The standard InChI is InChI=1S/C23H19N5OS/c1-15-7-10-21(24-13-15)27-23-28(17-5-3-2-4-6-17)22(29)20(30-23)12-16-8-9-18-19(11-16)26-14-25-18/h2-14,22,29H,1H3,(H,25,26)/b20-12-,27-23-. The number of nitrogens with zero attached hydrogens (tertiary/aromatic N) is 4. The van der Waals surface area contributed by atoms with Crippen molar-refractivity contribution in [3.63, 3.8) is 0 Å². The van der Waals surface area contributed by atoms with Crippen molar-refractivity contribution in [2.45, 2.75) is 13.2 Å². The third-order valence-electron chi connectivity index (χ3n) is 4.81. The van der Waals surface area contributed by atoms with E-state index in [0.29, 0.717) is 11.0 Å². The van der Waals surface area contributed by atoms with Crippen LogP contribution in [-0.4, -0.2) is 31.5 Å². The summed E-state index contributed by atoms with van der Waals surface area (Å²) in [6, 6.07) is 19.6. The Morgan fingerprint density at radius 2 is 1.97 bits per heavy atom. The van der Waals surface area contributed by atoms with Crippen molar-refractivity contribution in [1.82, 2.24) is 15.0 Å². The van der Waals surface area contributed by atoms with Gasteiger partial charge in [-0.1, -0.05) is 42.1 Å². The Morgan fingerprint density at radius 3 is 2.77 bits per heavy atom. The van der Waals surface area contributed by atoms with Gasteiger partial charge >= 0.3 is 0 Å². The average molecular weight is 414 g/mol. The van der Waals surface area contributed by atoms with E-state index in [1.165, 1.54) is 11.8 Å². The van der Waals surface area contributed by atoms with Gasteiger partial charge in [0.15, 0.2) is 17.2 Å². The molecule has 0 aliphatic carbocycles. The van der Waals surface area contributed by atoms with Crippen molar-refractivity contribution in [3.8, 4) is 0 Å². The summed E-state index contributed by atoms with van der Waals surface area (Å²) in [5.41, 5.74) is 4.79. The summed E-state index contributed by atoms with van der Waals surface area (Å²) >= 11 is 1.44. The molecule has 2 aromatic heterocycles. The minimum absolute atomic E-state index is 0.607. The van der Waals surface area contributed by atoms with Gasteiger partial charge in [0.1, 0.15) is 0 Å². The molecule has 0 saturated carbocycles. The van der Waals surface area contributed by atoms with E-state index in [1.807, 2.05) is 78.6 Å². The Hall–Kier alpha value is -3.42. The zero-order chi connectivity index (χ0) is 20.5. The first-order valence-electron chi connectivity index (χ1n) is 9.54. The highest BCUT2D eigenvalue weighted by atomic mass is 32.2. The first kappa shape index (κ1) is 18.6. The molecule has 1 fully saturated rings. The summed E-state index contributed by atoms with van der Waals surface area (Å²) in [5.74, 6) is 0.607. The maximum Gasteiger partial charge on any atom is 0.177 e. The zero-order valence-electron chi connectivity index (χ0n) is 16.2. The molecule has 30 heavy (non-hydrogen) atoms. The molecule has 6 nitrogen and oxygen atoms in total. The van der Waals surface area contributed by atoms with Crippen LogP contribution in [-0.2, 0) is 0 Å². The van der Waals surface area contributed by atoms with Crippen molar-refractivity contribution in [2.24, 2.45) is 4.99 Å². The number of hydrogen-bond donors (Lipinski definition) is 2. The van der Waals surface area contributed by atoms with E-state index in [4.69, 9.17) is 4.99 Å². The fourth-order valence-electron chi connectivity index (χ4n) is 3.29. The van der Waals surface area contributed by atoms with Gasteiger partial charge in [0.2, 0.25) is 0 Å². The fourth-order valence-corrected chi connectivity index (χ4v) is 4.35. The van der Waals surface area contributed by atoms with Gasteiger partial charge in [-0.05, 0) is 54.5 Å².